The van der Waals surface area contributed by atoms with E-state index in [1.807, 2.05) is 33.0 Å². The number of carbonyl (C=O) groups is 1. The summed E-state index contributed by atoms with van der Waals surface area (Å²) in [5.41, 5.74) is 6.53. The largest absolute Gasteiger partial charge is 0.497 e. The fourth-order valence-electron chi connectivity index (χ4n) is 1.30. The lowest BCUT2D eigenvalue weighted by Gasteiger charge is -2.21. The van der Waals surface area contributed by atoms with E-state index in [2.05, 4.69) is 0 Å². The van der Waals surface area contributed by atoms with E-state index in [1.54, 1.807) is 18.1 Å². The van der Waals surface area contributed by atoms with Gasteiger partial charge in [0.05, 0.1) is 12.9 Å². The Kier molecular flexibility index (Phi) is 5.34. The van der Waals surface area contributed by atoms with E-state index in [-0.39, 0.29) is 11.9 Å². The first-order valence-corrected chi connectivity index (χ1v) is 6.76. The van der Waals surface area contributed by atoms with Crippen LogP contribution in [0.25, 0.3) is 0 Å². The first kappa shape index (κ1) is 14.7. The predicted octanol–water partition coefficient (Wildman–Crippen LogP) is 2.24. The van der Waals surface area contributed by atoms with Gasteiger partial charge in [0.25, 0.3) is 0 Å². The number of benzene rings is 1. The quantitative estimate of drug-likeness (QED) is 0.657. The highest BCUT2D eigenvalue weighted by molar-refractivity contribution is 8.00. The third-order valence-electron chi connectivity index (χ3n) is 2.74. The summed E-state index contributed by atoms with van der Waals surface area (Å²) in [6.07, 6.45) is 0. The Morgan fingerprint density at radius 2 is 2.17 bits per heavy atom. The minimum Gasteiger partial charge on any atom is -0.497 e. The fourth-order valence-corrected chi connectivity index (χ4v) is 2.21. The Labute approximate surface area is 112 Å². The summed E-state index contributed by atoms with van der Waals surface area (Å²) in [4.78, 5) is 14.5. The van der Waals surface area contributed by atoms with Gasteiger partial charge in [0.2, 0.25) is 5.91 Å². The highest BCUT2D eigenvalue weighted by Gasteiger charge is 2.13. The molecular formula is C13H20N2O2S. The van der Waals surface area contributed by atoms with Crippen molar-refractivity contribution in [2.45, 2.75) is 24.8 Å². The van der Waals surface area contributed by atoms with Crippen LogP contribution < -0.4 is 10.5 Å². The number of methoxy groups -OCH3 is 1. The SMILES string of the molecule is COc1ccc(N)c(SCC(=O)N(C)C(C)C)c1. The Hall–Kier alpha value is -1.36. The number of hydrogen-bond acceptors (Lipinski definition) is 4. The maximum atomic E-state index is 11.9. The molecule has 0 spiro atoms. The maximum Gasteiger partial charge on any atom is 0.232 e. The van der Waals surface area contributed by atoms with Crippen LogP contribution in [0, 0.1) is 0 Å². The molecule has 1 amide bonds. The van der Waals surface area contributed by atoms with Crippen molar-refractivity contribution >= 4 is 23.4 Å². The topological polar surface area (TPSA) is 55.6 Å². The monoisotopic (exact) mass is 268 g/mol. The number of amides is 1. The molecule has 0 radical (unpaired) electrons. The van der Waals surface area contributed by atoms with E-state index in [0.29, 0.717) is 11.4 Å². The molecule has 5 heteroatoms. The van der Waals surface area contributed by atoms with Gasteiger partial charge in [-0.25, -0.2) is 0 Å². The molecule has 0 heterocycles. The first-order chi connectivity index (χ1) is 8.45. The molecule has 0 saturated heterocycles. The molecule has 0 aliphatic heterocycles. The lowest BCUT2D eigenvalue weighted by molar-refractivity contribution is -0.128. The van der Waals surface area contributed by atoms with E-state index < -0.39 is 0 Å². The van der Waals surface area contributed by atoms with Gasteiger partial charge < -0.3 is 15.4 Å². The number of thioether (sulfide) groups is 1. The zero-order valence-electron chi connectivity index (χ0n) is 11.3. The van der Waals surface area contributed by atoms with Gasteiger partial charge in [-0.05, 0) is 32.0 Å². The van der Waals surface area contributed by atoms with Crippen molar-refractivity contribution in [3.05, 3.63) is 18.2 Å². The van der Waals surface area contributed by atoms with Crippen molar-refractivity contribution in [1.82, 2.24) is 4.90 Å². The van der Waals surface area contributed by atoms with Gasteiger partial charge in [-0.1, -0.05) is 0 Å². The summed E-state index contributed by atoms with van der Waals surface area (Å²) in [5, 5.41) is 0. The smallest absolute Gasteiger partial charge is 0.232 e. The third kappa shape index (κ3) is 3.84. The first-order valence-electron chi connectivity index (χ1n) is 5.77. The molecule has 18 heavy (non-hydrogen) atoms. The zero-order valence-corrected chi connectivity index (χ0v) is 12.1. The van der Waals surface area contributed by atoms with Crippen LogP contribution in [-0.4, -0.2) is 36.8 Å². The number of hydrogen-bond donors (Lipinski definition) is 1. The summed E-state index contributed by atoms with van der Waals surface area (Å²) >= 11 is 1.43. The second-order valence-electron chi connectivity index (χ2n) is 4.29. The summed E-state index contributed by atoms with van der Waals surface area (Å²) in [7, 11) is 3.42. The molecule has 0 bridgehead atoms. The van der Waals surface area contributed by atoms with Gasteiger partial charge in [0.15, 0.2) is 0 Å². The number of ether oxygens (including phenoxy) is 1. The molecule has 4 nitrogen and oxygen atoms in total. The minimum atomic E-state index is 0.0946. The average Bonchev–Trinajstić information content (AvgIpc) is 2.36. The Morgan fingerprint density at radius 1 is 1.50 bits per heavy atom. The van der Waals surface area contributed by atoms with Crippen LogP contribution in [0.4, 0.5) is 5.69 Å². The maximum absolute atomic E-state index is 11.9. The molecule has 0 saturated carbocycles. The van der Waals surface area contributed by atoms with Crippen molar-refractivity contribution < 1.29 is 9.53 Å². The Balaban J connectivity index is 2.66. The second-order valence-corrected chi connectivity index (χ2v) is 5.31. The summed E-state index contributed by atoms with van der Waals surface area (Å²) < 4.78 is 5.14. The molecule has 0 aromatic heterocycles. The number of nitrogens with zero attached hydrogens (tertiary/aromatic N) is 1. The predicted molar refractivity (Wildman–Crippen MR) is 76.0 cm³/mol. The molecule has 0 unspecified atom stereocenters. The highest BCUT2D eigenvalue weighted by atomic mass is 32.2. The van der Waals surface area contributed by atoms with E-state index in [0.717, 1.165) is 10.6 Å². The van der Waals surface area contributed by atoms with Crippen molar-refractivity contribution in [2.24, 2.45) is 0 Å². The number of carbonyl (C=O) groups excluding carboxylic acids is 1. The van der Waals surface area contributed by atoms with Crippen LogP contribution in [0.2, 0.25) is 0 Å². The lowest BCUT2D eigenvalue weighted by atomic mass is 10.3. The number of nitrogen functional groups attached to an aromatic ring is 1. The minimum absolute atomic E-state index is 0.0946. The van der Waals surface area contributed by atoms with Crippen LogP contribution in [0.1, 0.15) is 13.8 Å². The van der Waals surface area contributed by atoms with Gasteiger partial charge in [-0.2, -0.15) is 0 Å². The van der Waals surface area contributed by atoms with E-state index >= 15 is 0 Å². The molecule has 0 fully saturated rings. The number of anilines is 1. The average molecular weight is 268 g/mol. The Bertz CT molecular complexity index is 421. The molecule has 0 aliphatic carbocycles. The highest BCUT2D eigenvalue weighted by Crippen LogP contribution is 2.29. The zero-order chi connectivity index (χ0) is 13.7. The summed E-state index contributed by atoms with van der Waals surface area (Å²) in [6.45, 7) is 3.98. The second kappa shape index (κ2) is 6.54. The molecule has 1 aromatic rings. The molecule has 1 rings (SSSR count). The molecule has 0 aliphatic rings. The lowest BCUT2D eigenvalue weighted by Crippen LogP contribution is -2.34. The van der Waals surface area contributed by atoms with E-state index in [9.17, 15) is 4.79 Å². The van der Waals surface area contributed by atoms with Crippen LogP contribution in [0.15, 0.2) is 23.1 Å². The molecule has 100 valence electrons. The standard InChI is InChI=1S/C13H20N2O2S/c1-9(2)15(3)13(16)8-18-12-7-10(17-4)5-6-11(12)14/h5-7,9H,8,14H2,1-4H3. The van der Waals surface area contributed by atoms with Crippen molar-refractivity contribution in [3.8, 4) is 5.75 Å². The molecular weight excluding hydrogens is 248 g/mol. The van der Waals surface area contributed by atoms with E-state index in [1.165, 1.54) is 11.8 Å². The van der Waals surface area contributed by atoms with Crippen LogP contribution in [0.3, 0.4) is 0 Å². The molecule has 0 atom stereocenters. The third-order valence-corrected chi connectivity index (χ3v) is 3.80. The Morgan fingerprint density at radius 3 is 2.72 bits per heavy atom. The molecule has 1 aromatic carbocycles. The summed E-state index contributed by atoms with van der Waals surface area (Å²) in [6, 6.07) is 5.66. The van der Waals surface area contributed by atoms with Crippen LogP contribution in [0.5, 0.6) is 5.75 Å². The number of nitrogens with two attached hydrogens (primary N) is 1. The van der Waals surface area contributed by atoms with Crippen molar-refractivity contribution in [3.63, 3.8) is 0 Å². The van der Waals surface area contributed by atoms with Gasteiger partial charge >= 0.3 is 0 Å². The van der Waals surface area contributed by atoms with Gasteiger partial charge in [0, 0.05) is 23.7 Å². The summed E-state index contributed by atoms with van der Waals surface area (Å²) in [5.74, 6) is 1.22. The van der Waals surface area contributed by atoms with E-state index in [4.69, 9.17) is 10.5 Å². The van der Waals surface area contributed by atoms with Gasteiger partial charge in [0.1, 0.15) is 5.75 Å². The normalized spacial score (nSPS) is 10.5. The van der Waals surface area contributed by atoms with Crippen LogP contribution in [-0.2, 0) is 4.79 Å². The van der Waals surface area contributed by atoms with Gasteiger partial charge in [-0.15, -0.1) is 11.8 Å². The van der Waals surface area contributed by atoms with Gasteiger partial charge in [-0.3, -0.25) is 4.79 Å². The molecule has 2 N–H and O–H groups in total. The van der Waals surface area contributed by atoms with Crippen molar-refractivity contribution in [1.29, 1.82) is 0 Å². The fraction of sp³-hybridized carbons (Fsp3) is 0.462. The van der Waals surface area contributed by atoms with Crippen LogP contribution >= 0.6 is 11.8 Å². The van der Waals surface area contributed by atoms with Crippen molar-refractivity contribution in [2.75, 3.05) is 25.6 Å². The number of rotatable bonds is 5.